The number of aromatic nitrogens is 4. The third-order valence-corrected chi connectivity index (χ3v) is 2.74. The minimum atomic E-state index is -2.68. The van der Waals surface area contributed by atoms with Crippen LogP contribution in [0.5, 0.6) is 0 Å². The molecular weight excluding hydrogens is 259 g/mol. The van der Waals surface area contributed by atoms with Crippen molar-refractivity contribution in [2.45, 2.75) is 33.5 Å². The van der Waals surface area contributed by atoms with Gasteiger partial charge < -0.3 is 5.32 Å². The van der Waals surface area contributed by atoms with Gasteiger partial charge in [-0.1, -0.05) is 0 Å². The fourth-order valence-electron chi connectivity index (χ4n) is 1.72. The van der Waals surface area contributed by atoms with Crippen LogP contribution in [0.3, 0.4) is 0 Å². The summed E-state index contributed by atoms with van der Waals surface area (Å²) in [6.07, 6.45) is 1.16. The Morgan fingerprint density at radius 2 is 2.11 bits per heavy atom. The lowest BCUT2D eigenvalue weighted by Crippen LogP contribution is -2.05. The Balaban J connectivity index is 2.07. The maximum atomic E-state index is 13.8. The lowest BCUT2D eigenvalue weighted by molar-refractivity contribution is 0.0569. The van der Waals surface area contributed by atoms with Gasteiger partial charge in [-0.15, -0.1) is 0 Å². The average Bonchev–Trinajstić information content (AvgIpc) is 2.93. The van der Waals surface area contributed by atoms with E-state index in [0.717, 1.165) is 6.20 Å². The maximum Gasteiger partial charge on any atom is 0.333 e. The number of anilines is 1. The Morgan fingerprint density at radius 1 is 1.37 bits per heavy atom. The topological polar surface area (TPSA) is 47.7 Å². The van der Waals surface area contributed by atoms with E-state index in [-0.39, 0.29) is 12.4 Å². The van der Waals surface area contributed by atoms with Crippen molar-refractivity contribution in [2.24, 2.45) is 0 Å². The minimum Gasteiger partial charge on any atom is -0.364 e. The van der Waals surface area contributed by atoms with Crippen LogP contribution in [-0.2, 0) is 13.1 Å². The summed E-state index contributed by atoms with van der Waals surface area (Å²) in [7, 11) is 0. The summed E-state index contributed by atoms with van der Waals surface area (Å²) in [5.74, 6) is -0.149. The zero-order valence-corrected chi connectivity index (χ0v) is 10.6. The van der Waals surface area contributed by atoms with Gasteiger partial charge in [0.1, 0.15) is 5.82 Å². The first-order valence-electron chi connectivity index (χ1n) is 5.82. The van der Waals surface area contributed by atoms with Gasteiger partial charge in [0.15, 0.2) is 0 Å². The van der Waals surface area contributed by atoms with Crippen LogP contribution >= 0.6 is 0 Å². The second-order valence-corrected chi connectivity index (χ2v) is 3.98. The van der Waals surface area contributed by atoms with Crippen LogP contribution in [0.15, 0.2) is 12.3 Å². The van der Waals surface area contributed by atoms with Crippen LogP contribution in [0, 0.1) is 12.9 Å². The highest BCUT2D eigenvalue weighted by Gasteiger charge is 2.14. The van der Waals surface area contributed by atoms with Crippen molar-refractivity contribution in [1.29, 1.82) is 0 Å². The number of halogens is 3. The lowest BCUT2D eigenvalue weighted by Gasteiger charge is -2.02. The number of aryl methyl sites for hydroxylation is 2. The Kier molecular flexibility index (Phi) is 3.77. The Hall–Kier alpha value is -1.99. The molecule has 0 aliphatic rings. The van der Waals surface area contributed by atoms with Gasteiger partial charge in [0, 0.05) is 30.9 Å². The molecule has 2 aromatic heterocycles. The first-order chi connectivity index (χ1) is 9.02. The van der Waals surface area contributed by atoms with Gasteiger partial charge in [-0.05, 0) is 13.8 Å². The third-order valence-electron chi connectivity index (χ3n) is 2.74. The standard InChI is InChI=1S/C11H14F3N5/c1-3-18-10(12)8(7(2)16-18)6-15-9-4-5-19(17-9)11(13)14/h4-5,11H,3,6H2,1-2H3,(H,15,17). The van der Waals surface area contributed by atoms with Crippen molar-refractivity contribution in [3.63, 3.8) is 0 Å². The molecule has 104 valence electrons. The van der Waals surface area contributed by atoms with E-state index in [2.05, 4.69) is 15.5 Å². The van der Waals surface area contributed by atoms with Gasteiger partial charge in [0.05, 0.1) is 5.69 Å². The van der Waals surface area contributed by atoms with Crippen molar-refractivity contribution < 1.29 is 13.2 Å². The van der Waals surface area contributed by atoms with E-state index in [1.807, 2.05) is 0 Å². The van der Waals surface area contributed by atoms with Crippen LogP contribution in [0.2, 0.25) is 0 Å². The largest absolute Gasteiger partial charge is 0.364 e. The normalized spacial score (nSPS) is 11.3. The molecule has 8 heteroatoms. The molecule has 2 rings (SSSR count). The molecule has 0 amide bonds. The highest BCUT2D eigenvalue weighted by Crippen LogP contribution is 2.16. The van der Waals surface area contributed by atoms with Gasteiger partial charge in [-0.3, -0.25) is 0 Å². The molecular formula is C11H14F3N5. The van der Waals surface area contributed by atoms with Crippen molar-refractivity contribution in [2.75, 3.05) is 5.32 Å². The predicted octanol–water partition coefficient (Wildman–Crippen LogP) is 2.55. The summed E-state index contributed by atoms with van der Waals surface area (Å²) in [6, 6.07) is 1.41. The molecule has 2 heterocycles. The van der Waals surface area contributed by atoms with E-state index >= 15 is 0 Å². The maximum absolute atomic E-state index is 13.8. The van der Waals surface area contributed by atoms with E-state index in [0.29, 0.717) is 22.5 Å². The van der Waals surface area contributed by atoms with Crippen LogP contribution in [0.1, 0.15) is 24.7 Å². The van der Waals surface area contributed by atoms with Crippen LogP contribution < -0.4 is 5.32 Å². The van der Waals surface area contributed by atoms with Crippen LogP contribution in [0.25, 0.3) is 0 Å². The summed E-state index contributed by atoms with van der Waals surface area (Å²) in [4.78, 5) is 0. The highest BCUT2D eigenvalue weighted by molar-refractivity contribution is 5.34. The molecule has 0 atom stereocenters. The molecule has 1 N–H and O–H groups in total. The second kappa shape index (κ2) is 5.33. The highest BCUT2D eigenvalue weighted by atomic mass is 19.3. The fourth-order valence-corrected chi connectivity index (χ4v) is 1.72. The van der Waals surface area contributed by atoms with E-state index in [1.54, 1.807) is 13.8 Å². The zero-order chi connectivity index (χ0) is 14.0. The molecule has 19 heavy (non-hydrogen) atoms. The van der Waals surface area contributed by atoms with Gasteiger partial charge in [0.2, 0.25) is 5.95 Å². The molecule has 0 spiro atoms. The summed E-state index contributed by atoms with van der Waals surface area (Å²) in [5, 5.41) is 10.4. The zero-order valence-electron chi connectivity index (χ0n) is 10.6. The number of hydrogen-bond acceptors (Lipinski definition) is 3. The van der Waals surface area contributed by atoms with E-state index in [4.69, 9.17) is 0 Å². The molecule has 0 saturated heterocycles. The number of hydrogen-bond donors (Lipinski definition) is 1. The minimum absolute atomic E-state index is 0.151. The van der Waals surface area contributed by atoms with E-state index < -0.39 is 12.5 Å². The second-order valence-electron chi connectivity index (χ2n) is 3.98. The molecule has 0 fully saturated rings. The summed E-state index contributed by atoms with van der Waals surface area (Å²) < 4.78 is 40.3. The number of rotatable bonds is 5. The monoisotopic (exact) mass is 273 g/mol. The molecule has 0 bridgehead atoms. The van der Waals surface area contributed by atoms with Gasteiger partial charge >= 0.3 is 6.55 Å². The van der Waals surface area contributed by atoms with Crippen molar-refractivity contribution in [3.8, 4) is 0 Å². The number of nitrogens with one attached hydrogen (secondary N) is 1. The fraction of sp³-hybridized carbons (Fsp3) is 0.455. The Labute approximate surface area is 108 Å². The quantitative estimate of drug-likeness (QED) is 0.910. The van der Waals surface area contributed by atoms with E-state index in [9.17, 15) is 13.2 Å². The van der Waals surface area contributed by atoms with Gasteiger partial charge in [-0.25, -0.2) is 9.36 Å². The molecule has 0 radical (unpaired) electrons. The third kappa shape index (κ3) is 2.72. The van der Waals surface area contributed by atoms with Crippen LogP contribution in [0.4, 0.5) is 19.0 Å². The van der Waals surface area contributed by atoms with Crippen molar-refractivity contribution in [3.05, 3.63) is 29.5 Å². The first-order valence-corrected chi connectivity index (χ1v) is 5.82. The summed E-state index contributed by atoms with van der Waals surface area (Å²) in [6.45, 7) is 1.39. The summed E-state index contributed by atoms with van der Waals surface area (Å²) in [5.41, 5.74) is 0.980. The SMILES string of the molecule is CCn1nc(C)c(CNc2ccn(C(F)F)n2)c1F. The predicted molar refractivity (Wildman–Crippen MR) is 63.4 cm³/mol. The molecule has 0 aliphatic carbocycles. The summed E-state index contributed by atoms with van der Waals surface area (Å²) >= 11 is 0. The molecule has 2 aromatic rings. The molecule has 5 nitrogen and oxygen atoms in total. The smallest absolute Gasteiger partial charge is 0.333 e. The molecule has 0 aliphatic heterocycles. The molecule has 0 saturated carbocycles. The van der Waals surface area contributed by atoms with Gasteiger partial charge in [0.25, 0.3) is 0 Å². The number of nitrogens with zero attached hydrogens (tertiary/aromatic N) is 4. The molecule has 0 aromatic carbocycles. The number of alkyl halides is 2. The average molecular weight is 273 g/mol. The van der Waals surface area contributed by atoms with E-state index in [1.165, 1.54) is 10.7 Å². The first kappa shape index (κ1) is 13.4. The van der Waals surface area contributed by atoms with Gasteiger partial charge in [-0.2, -0.15) is 23.4 Å². The Morgan fingerprint density at radius 3 is 2.63 bits per heavy atom. The lowest BCUT2D eigenvalue weighted by atomic mass is 10.2. The van der Waals surface area contributed by atoms with Crippen molar-refractivity contribution in [1.82, 2.24) is 19.6 Å². The molecule has 0 unspecified atom stereocenters. The van der Waals surface area contributed by atoms with Crippen LogP contribution in [-0.4, -0.2) is 19.6 Å². The van der Waals surface area contributed by atoms with Crippen molar-refractivity contribution >= 4 is 5.82 Å². The Bertz CT molecular complexity index is 561.